The van der Waals surface area contributed by atoms with Crippen LogP contribution in [0.25, 0.3) is 5.65 Å². The average Bonchev–Trinajstić information content (AvgIpc) is 2.85. The Balaban J connectivity index is 2.05. The van der Waals surface area contributed by atoms with Gasteiger partial charge in [0.25, 0.3) is 0 Å². The molecule has 0 saturated heterocycles. The molecule has 94 valence electrons. The van der Waals surface area contributed by atoms with Crippen LogP contribution >= 0.6 is 0 Å². The molecule has 0 bridgehead atoms. The quantitative estimate of drug-likeness (QED) is 0.672. The van der Waals surface area contributed by atoms with Gasteiger partial charge in [-0.15, -0.1) is 10.2 Å². The maximum absolute atomic E-state index is 11.1. The molecule has 0 fully saturated rings. The van der Waals surface area contributed by atoms with E-state index in [2.05, 4.69) is 41.4 Å². The summed E-state index contributed by atoms with van der Waals surface area (Å²) < 4.78 is 1.80. The summed E-state index contributed by atoms with van der Waals surface area (Å²) in [4.78, 5) is 11.1. The number of carbonyl (C=O) groups excluding carboxylic acids is 1. The molecule has 19 heavy (non-hydrogen) atoms. The summed E-state index contributed by atoms with van der Waals surface area (Å²) in [6.07, 6.45) is 1.49. The van der Waals surface area contributed by atoms with Crippen LogP contribution in [0.1, 0.15) is 27.4 Å². The lowest BCUT2D eigenvalue weighted by Crippen LogP contribution is -2.01. The summed E-state index contributed by atoms with van der Waals surface area (Å²) in [5, 5.41) is 8.27. The van der Waals surface area contributed by atoms with Crippen LogP contribution in [-0.4, -0.2) is 20.9 Å². The van der Waals surface area contributed by atoms with Crippen LogP contribution < -0.4 is 0 Å². The molecule has 2 aromatic heterocycles. The third-order valence-electron chi connectivity index (χ3n) is 3.13. The Morgan fingerprint density at radius 3 is 2.63 bits per heavy atom. The first kappa shape index (κ1) is 11.6. The van der Waals surface area contributed by atoms with Crippen molar-refractivity contribution >= 4 is 11.9 Å². The highest BCUT2D eigenvalue weighted by molar-refractivity contribution is 5.74. The lowest BCUT2D eigenvalue weighted by atomic mass is 10.1. The maximum atomic E-state index is 11.1. The molecule has 3 rings (SSSR count). The second kappa shape index (κ2) is 4.65. The zero-order valence-electron chi connectivity index (χ0n) is 10.6. The van der Waals surface area contributed by atoms with Crippen LogP contribution in [0.2, 0.25) is 0 Å². The van der Waals surface area contributed by atoms with E-state index < -0.39 is 0 Å². The van der Waals surface area contributed by atoms with E-state index in [1.165, 1.54) is 5.56 Å². The Labute approximate surface area is 110 Å². The van der Waals surface area contributed by atoms with Gasteiger partial charge in [0.05, 0.1) is 5.69 Å². The highest BCUT2D eigenvalue weighted by Gasteiger charge is 2.09. The fraction of sp³-hybridized carbons (Fsp3) is 0.133. The van der Waals surface area contributed by atoms with Crippen LogP contribution in [-0.2, 0) is 6.42 Å². The number of fused-ring (bicyclic) bond motifs is 1. The normalized spacial score (nSPS) is 10.8. The molecule has 0 unspecified atom stereocenters. The monoisotopic (exact) mass is 251 g/mol. The van der Waals surface area contributed by atoms with E-state index >= 15 is 0 Å². The van der Waals surface area contributed by atoms with Crippen molar-refractivity contribution in [1.29, 1.82) is 0 Å². The van der Waals surface area contributed by atoms with Crippen LogP contribution in [0.3, 0.4) is 0 Å². The van der Waals surface area contributed by atoms with Crippen LogP contribution in [0.5, 0.6) is 0 Å². The Morgan fingerprint density at radius 1 is 1.11 bits per heavy atom. The predicted molar refractivity (Wildman–Crippen MR) is 72.4 cm³/mol. The number of pyridine rings is 1. The smallest absolute Gasteiger partial charge is 0.166 e. The fourth-order valence-electron chi connectivity index (χ4n) is 2.12. The van der Waals surface area contributed by atoms with Crippen molar-refractivity contribution < 1.29 is 4.79 Å². The van der Waals surface area contributed by atoms with Gasteiger partial charge in [-0.05, 0) is 24.6 Å². The van der Waals surface area contributed by atoms with E-state index in [1.54, 1.807) is 10.5 Å². The molecule has 2 heterocycles. The van der Waals surface area contributed by atoms with E-state index in [0.29, 0.717) is 17.8 Å². The second-order valence-corrected chi connectivity index (χ2v) is 4.54. The van der Waals surface area contributed by atoms with E-state index in [4.69, 9.17) is 0 Å². The first-order valence-corrected chi connectivity index (χ1v) is 6.11. The van der Waals surface area contributed by atoms with Gasteiger partial charge in [-0.2, -0.15) is 0 Å². The summed E-state index contributed by atoms with van der Waals surface area (Å²) in [5.41, 5.74) is 3.65. The van der Waals surface area contributed by atoms with E-state index in [-0.39, 0.29) is 0 Å². The molecule has 0 aliphatic heterocycles. The Kier molecular flexibility index (Phi) is 2.83. The lowest BCUT2D eigenvalue weighted by molar-refractivity contribution is 0.111. The SMILES string of the molecule is Cc1ccc(Cc2nnc3cccc(C=O)n23)cc1. The van der Waals surface area contributed by atoms with Gasteiger partial charge in [0.2, 0.25) is 0 Å². The van der Waals surface area contributed by atoms with E-state index in [1.807, 2.05) is 12.1 Å². The van der Waals surface area contributed by atoms with Gasteiger partial charge in [0.1, 0.15) is 5.82 Å². The molecule has 0 atom stereocenters. The Morgan fingerprint density at radius 2 is 1.89 bits per heavy atom. The van der Waals surface area contributed by atoms with Gasteiger partial charge in [-0.25, -0.2) is 0 Å². The maximum Gasteiger partial charge on any atom is 0.166 e. The summed E-state index contributed by atoms with van der Waals surface area (Å²) in [6.45, 7) is 2.06. The molecule has 0 aliphatic rings. The molecule has 4 heteroatoms. The Hall–Kier alpha value is -2.49. The first-order valence-electron chi connectivity index (χ1n) is 6.11. The minimum Gasteiger partial charge on any atom is -0.296 e. The van der Waals surface area contributed by atoms with Gasteiger partial charge in [-0.1, -0.05) is 35.9 Å². The van der Waals surface area contributed by atoms with Gasteiger partial charge in [0, 0.05) is 6.42 Å². The van der Waals surface area contributed by atoms with Crippen LogP contribution in [0.4, 0.5) is 0 Å². The minimum atomic E-state index is 0.574. The van der Waals surface area contributed by atoms with Crippen molar-refractivity contribution in [1.82, 2.24) is 14.6 Å². The summed E-state index contributed by atoms with van der Waals surface area (Å²) in [5.74, 6) is 0.779. The molecule has 1 aromatic carbocycles. The number of aldehydes is 1. The Bertz CT molecular complexity index is 729. The van der Waals surface area contributed by atoms with Crippen molar-refractivity contribution in [2.45, 2.75) is 13.3 Å². The van der Waals surface area contributed by atoms with Crippen molar-refractivity contribution in [3.63, 3.8) is 0 Å². The first-order chi connectivity index (χ1) is 9.28. The highest BCUT2D eigenvalue weighted by Crippen LogP contribution is 2.12. The van der Waals surface area contributed by atoms with Gasteiger partial charge >= 0.3 is 0 Å². The fourth-order valence-corrected chi connectivity index (χ4v) is 2.12. The number of nitrogens with zero attached hydrogens (tertiary/aromatic N) is 3. The van der Waals surface area contributed by atoms with Crippen LogP contribution in [0, 0.1) is 6.92 Å². The van der Waals surface area contributed by atoms with Crippen LogP contribution in [0.15, 0.2) is 42.5 Å². The topological polar surface area (TPSA) is 47.3 Å². The molecule has 0 saturated carbocycles. The van der Waals surface area contributed by atoms with Gasteiger partial charge in [-0.3, -0.25) is 9.20 Å². The number of hydrogen-bond donors (Lipinski definition) is 0. The summed E-state index contributed by atoms with van der Waals surface area (Å²) >= 11 is 0. The number of aromatic nitrogens is 3. The molecular weight excluding hydrogens is 238 g/mol. The highest BCUT2D eigenvalue weighted by atomic mass is 16.1. The molecular formula is C15H13N3O. The number of benzene rings is 1. The lowest BCUT2D eigenvalue weighted by Gasteiger charge is -2.03. The van der Waals surface area contributed by atoms with E-state index in [0.717, 1.165) is 17.7 Å². The van der Waals surface area contributed by atoms with E-state index in [9.17, 15) is 4.79 Å². The number of hydrogen-bond acceptors (Lipinski definition) is 3. The summed E-state index contributed by atoms with van der Waals surface area (Å²) in [7, 11) is 0. The van der Waals surface area contributed by atoms with Crippen molar-refractivity contribution in [3.8, 4) is 0 Å². The number of aryl methyl sites for hydroxylation is 1. The predicted octanol–water partition coefficient (Wildman–Crippen LogP) is 2.44. The number of rotatable bonds is 3. The summed E-state index contributed by atoms with van der Waals surface area (Å²) in [6, 6.07) is 13.7. The molecule has 0 radical (unpaired) electrons. The molecule has 0 spiro atoms. The van der Waals surface area contributed by atoms with Crippen molar-refractivity contribution in [3.05, 3.63) is 65.1 Å². The molecule has 3 aromatic rings. The molecule has 0 N–H and O–H groups in total. The molecule has 0 aliphatic carbocycles. The zero-order chi connectivity index (χ0) is 13.2. The van der Waals surface area contributed by atoms with Crippen molar-refractivity contribution in [2.24, 2.45) is 0 Å². The number of carbonyl (C=O) groups is 1. The third kappa shape index (κ3) is 2.12. The second-order valence-electron chi connectivity index (χ2n) is 4.54. The zero-order valence-corrected chi connectivity index (χ0v) is 10.6. The molecule has 0 amide bonds. The minimum absolute atomic E-state index is 0.574. The molecule has 4 nitrogen and oxygen atoms in total. The largest absolute Gasteiger partial charge is 0.296 e. The average molecular weight is 251 g/mol. The standard InChI is InChI=1S/C15H13N3O/c1-11-5-7-12(8-6-11)9-15-17-16-14-4-2-3-13(10-19)18(14)15/h2-8,10H,9H2,1H3. The van der Waals surface area contributed by atoms with Crippen molar-refractivity contribution in [2.75, 3.05) is 0 Å². The van der Waals surface area contributed by atoms with Gasteiger partial charge < -0.3 is 0 Å². The third-order valence-corrected chi connectivity index (χ3v) is 3.13. The van der Waals surface area contributed by atoms with Gasteiger partial charge in [0.15, 0.2) is 11.9 Å².